The SMILES string of the molecule is O=C(O)CN(CC1CC1)C(=O)NCCC1CCCC1. The molecular formula is C14H24N2O3. The van der Waals surface area contributed by atoms with Crippen molar-refractivity contribution in [3.05, 3.63) is 0 Å². The van der Waals surface area contributed by atoms with Crippen LogP contribution in [-0.4, -0.2) is 41.6 Å². The van der Waals surface area contributed by atoms with Crippen molar-refractivity contribution >= 4 is 12.0 Å². The van der Waals surface area contributed by atoms with Gasteiger partial charge >= 0.3 is 12.0 Å². The lowest BCUT2D eigenvalue weighted by atomic mass is 10.0. The van der Waals surface area contributed by atoms with Gasteiger partial charge in [0.15, 0.2) is 0 Å². The van der Waals surface area contributed by atoms with Crippen LogP contribution in [0, 0.1) is 11.8 Å². The van der Waals surface area contributed by atoms with Crippen molar-refractivity contribution in [3.8, 4) is 0 Å². The fourth-order valence-electron chi connectivity index (χ4n) is 2.79. The molecule has 2 rings (SSSR count). The number of carboxylic acids is 1. The maximum Gasteiger partial charge on any atom is 0.323 e. The number of carbonyl (C=O) groups excluding carboxylic acids is 1. The van der Waals surface area contributed by atoms with Gasteiger partial charge in [0.25, 0.3) is 0 Å². The molecule has 0 saturated heterocycles. The Bertz CT molecular complexity index is 323. The van der Waals surface area contributed by atoms with E-state index in [0.29, 0.717) is 19.0 Å². The van der Waals surface area contributed by atoms with E-state index in [4.69, 9.17) is 5.11 Å². The van der Waals surface area contributed by atoms with Crippen LogP contribution in [-0.2, 0) is 4.79 Å². The minimum absolute atomic E-state index is 0.189. The highest BCUT2D eigenvalue weighted by Crippen LogP contribution is 2.29. The molecule has 108 valence electrons. The lowest BCUT2D eigenvalue weighted by molar-refractivity contribution is -0.137. The van der Waals surface area contributed by atoms with Crippen molar-refractivity contribution in [3.63, 3.8) is 0 Å². The molecule has 2 N–H and O–H groups in total. The normalized spacial score (nSPS) is 19.4. The number of nitrogens with zero attached hydrogens (tertiary/aromatic N) is 1. The van der Waals surface area contributed by atoms with Gasteiger partial charge in [0.2, 0.25) is 0 Å². The third kappa shape index (κ3) is 5.09. The molecule has 0 aromatic carbocycles. The van der Waals surface area contributed by atoms with Crippen molar-refractivity contribution in [1.82, 2.24) is 10.2 Å². The van der Waals surface area contributed by atoms with E-state index in [0.717, 1.165) is 25.2 Å². The van der Waals surface area contributed by atoms with Gasteiger partial charge in [-0.3, -0.25) is 4.79 Å². The second kappa shape index (κ2) is 6.78. The maximum atomic E-state index is 12.0. The number of nitrogens with one attached hydrogen (secondary N) is 1. The number of carbonyl (C=O) groups is 2. The van der Waals surface area contributed by atoms with Crippen LogP contribution in [0.3, 0.4) is 0 Å². The predicted molar refractivity (Wildman–Crippen MR) is 71.9 cm³/mol. The van der Waals surface area contributed by atoms with Crippen molar-refractivity contribution < 1.29 is 14.7 Å². The Balaban J connectivity index is 1.69. The lowest BCUT2D eigenvalue weighted by Crippen LogP contribution is -2.44. The molecule has 5 nitrogen and oxygen atoms in total. The lowest BCUT2D eigenvalue weighted by Gasteiger charge is -2.21. The van der Waals surface area contributed by atoms with E-state index in [2.05, 4.69) is 5.32 Å². The molecule has 19 heavy (non-hydrogen) atoms. The Morgan fingerprint density at radius 2 is 1.79 bits per heavy atom. The van der Waals surface area contributed by atoms with Crippen molar-refractivity contribution in [2.45, 2.75) is 44.9 Å². The fraction of sp³-hybridized carbons (Fsp3) is 0.857. The summed E-state index contributed by atoms with van der Waals surface area (Å²) < 4.78 is 0. The number of carboxylic acid groups (broad SMARTS) is 1. The maximum absolute atomic E-state index is 12.0. The molecule has 0 aromatic heterocycles. The van der Waals surface area contributed by atoms with Gasteiger partial charge < -0.3 is 15.3 Å². The number of hydrogen-bond acceptors (Lipinski definition) is 2. The summed E-state index contributed by atoms with van der Waals surface area (Å²) in [6.45, 7) is 1.07. The Morgan fingerprint density at radius 1 is 1.11 bits per heavy atom. The summed E-state index contributed by atoms with van der Waals surface area (Å²) >= 11 is 0. The topological polar surface area (TPSA) is 69.6 Å². The van der Waals surface area contributed by atoms with Crippen LogP contribution in [0.5, 0.6) is 0 Å². The Labute approximate surface area is 114 Å². The van der Waals surface area contributed by atoms with Crippen LogP contribution < -0.4 is 5.32 Å². The van der Waals surface area contributed by atoms with Gasteiger partial charge in [-0.2, -0.15) is 0 Å². The average molecular weight is 268 g/mol. The van der Waals surface area contributed by atoms with Crippen LogP contribution >= 0.6 is 0 Å². The zero-order valence-electron chi connectivity index (χ0n) is 11.4. The zero-order chi connectivity index (χ0) is 13.7. The van der Waals surface area contributed by atoms with E-state index in [9.17, 15) is 9.59 Å². The number of urea groups is 1. The number of hydrogen-bond donors (Lipinski definition) is 2. The second-order valence-electron chi connectivity index (χ2n) is 5.89. The van der Waals surface area contributed by atoms with Crippen molar-refractivity contribution in [2.75, 3.05) is 19.6 Å². The Hall–Kier alpha value is -1.26. The van der Waals surface area contributed by atoms with Crippen LogP contribution in [0.15, 0.2) is 0 Å². The Morgan fingerprint density at radius 3 is 2.37 bits per heavy atom. The highest BCUT2D eigenvalue weighted by Gasteiger charge is 2.27. The molecule has 2 fully saturated rings. The first kappa shape index (κ1) is 14.2. The monoisotopic (exact) mass is 268 g/mol. The minimum Gasteiger partial charge on any atom is -0.480 e. The summed E-state index contributed by atoms with van der Waals surface area (Å²) in [6.07, 6.45) is 8.43. The highest BCUT2D eigenvalue weighted by molar-refractivity contribution is 5.80. The summed E-state index contributed by atoms with van der Waals surface area (Å²) in [7, 11) is 0. The molecular weight excluding hydrogens is 244 g/mol. The quantitative estimate of drug-likeness (QED) is 0.742. The molecule has 0 radical (unpaired) electrons. The van der Waals surface area contributed by atoms with Gasteiger partial charge in [0, 0.05) is 13.1 Å². The van der Waals surface area contributed by atoms with E-state index < -0.39 is 5.97 Å². The van der Waals surface area contributed by atoms with E-state index in [1.807, 2.05) is 0 Å². The van der Waals surface area contributed by atoms with E-state index in [-0.39, 0.29) is 12.6 Å². The largest absolute Gasteiger partial charge is 0.480 e. The molecule has 2 aliphatic carbocycles. The van der Waals surface area contributed by atoms with Gasteiger partial charge in [0.05, 0.1) is 0 Å². The predicted octanol–water partition coefficient (Wildman–Crippen LogP) is 2.07. The zero-order valence-corrected chi connectivity index (χ0v) is 11.4. The molecule has 0 unspecified atom stereocenters. The van der Waals surface area contributed by atoms with E-state index >= 15 is 0 Å². The molecule has 2 aliphatic rings. The minimum atomic E-state index is -0.938. The average Bonchev–Trinajstić information content (AvgIpc) is 3.02. The van der Waals surface area contributed by atoms with Crippen LogP contribution in [0.2, 0.25) is 0 Å². The van der Waals surface area contributed by atoms with Gasteiger partial charge in [-0.05, 0) is 31.1 Å². The summed E-state index contributed by atoms with van der Waals surface area (Å²) in [5.41, 5.74) is 0. The first-order chi connectivity index (χ1) is 9.15. The van der Waals surface area contributed by atoms with E-state index in [1.54, 1.807) is 0 Å². The summed E-state index contributed by atoms with van der Waals surface area (Å²) in [5.74, 6) is 0.322. The summed E-state index contributed by atoms with van der Waals surface area (Å²) in [4.78, 5) is 24.2. The molecule has 0 bridgehead atoms. The molecule has 0 aromatic rings. The number of rotatable bonds is 7. The molecule has 0 heterocycles. The number of amides is 2. The first-order valence-electron chi connectivity index (χ1n) is 7.39. The molecule has 0 spiro atoms. The highest BCUT2D eigenvalue weighted by atomic mass is 16.4. The van der Waals surface area contributed by atoms with Gasteiger partial charge in [0.1, 0.15) is 6.54 Å². The summed E-state index contributed by atoms with van der Waals surface area (Å²) in [6, 6.07) is -0.215. The first-order valence-corrected chi connectivity index (χ1v) is 7.39. The third-order valence-electron chi connectivity index (χ3n) is 4.09. The van der Waals surface area contributed by atoms with Gasteiger partial charge in [-0.1, -0.05) is 25.7 Å². The molecule has 5 heteroatoms. The van der Waals surface area contributed by atoms with Crippen LogP contribution in [0.4, 0.5) is 4.79 Å². The third-order valence-corrected chi connectivity index (χ3v) is 4.09. The van der Waals surface area contributed by atoms with Crippen LogP contribution in [0.1, 0.15) is 44.9 Å². The van der Waals surface area contributed by atoms with Gasteiger partial charge in [-0.15, -0.1) is 0 Å². The van der Waals surface area contributed by atoms with Crippen molar-refractivity contribution in [2.24, 2.45) is 11.8 Å². The second-order valence-corrected chi connectivity index (χ2v) is 5.89. The molecule has 2 amide bonds. The Kier molecular flexibility index (Phi) is 5.05. The van der Waals surface area contributed by atoms with Crippen molar-refractivity contribution in [1.29, 1.82) is 0 Å². The molecule has 0 atom stereocenters. The molecule has 2 saturated carbocycles. The smallest absolute Gasteiger partial charge is 0.323 e. The fourth-order valence-corrected chi connectivity index (χ4v) is 2.79. The van der Waals surface area contributed by atoms with Gasteiger partial charge in [-0.25, -0.2) is 4.79 Å². The van der Waals surface area contributed by atoms with Crippen LogP contribution in [0.25, 0.3) is 0 Å². The van der Waals surface area contributed by atoms with E-state index in [1.165, 1.54) is 30.6 Å². The summed E-state index contributed by atoms with van der Waals surface area (Å²) in [5, 5.41) is 11.7. The number of aliphatic carboxylic acids is 1. The standard InChI is InChI=1S/C14H24N2O3/c17-13(18)10-16(9-12-5-6-12)14(19)15-8-7-11-3-1-2-4-11/h11-12H,1-10H2,(H,15,19)(H,17,18). The molecule has 0 aliphatic heterocycles.